The predicted octanol–water partition coefficient (Wildman–Crippen LogP) is 5.05. The van der Waals surface area contributed by atoms with Gasteiger partial charge in [0, 0.05) is 18.4 Å². The highest BCUT2D eigenvalue weighted by molar-refractivity contribution is 5.64. The fraction of sp³-hybridized carbons (Fsp3) is 0.150. The summed E-state index contributed by atoms with van der Waals surface area (Å²) in [7, 11) is 0. The van der Waals surface area contributed by atoms with Gasteiger partial charge in [-0.2, -0.15) is 10.2 Å². The van der Waals surface area contributed by atoms with Crippen molar-refractivity contribution in [3.05, 3.63) is 84.2 Å². The molecule has 0 saturated heterocycles. The molecule has 1 aromatic heterocycles. The Balaban J connectivity index is 1.62. The molecular weight excluding hydrogens is 296 g/mol. The summed E-state index contributed by atoms with van der Waals surface area (Å²) in [6, 6.07) is 20.2. The Labute approximate surface area is 142 Å². The van der Waals surface area contributed by atoms with E-state index in [1.807, 2.05) is 73.8 Å². The van der Waals surface area contributed by atoms with Crippen molar-refractivity contribution < 1.29 is 0 Å². The lowest BCUT2D eigenvalue weighted by atomic mass is 10.1. The SMILES string of the molecule is CC(N)c1ccc(CN=Nc2ccc(-c3cccnc3)cc2)cc1. The molecule has 0 aliphatic heterocycles. The van der Waals surface area contributed by atoms with Gasteiger partial charge in [0.1, 0.15) is 0 Å². The van der Waals surface area contributed by atoms with Crippen molar-refractivity contribution in [2.45, 2.75) is 19.5 Å². The molecule has 0 radical (unpaired) electrons. The fourth-order valence-corrected chi connectivity index (χ4v) is 2.38. The molecule has 2 N–H and O–H groups in total. The number of rotatable bonds is 5. The maximum atomic E-state index is 5.85. The minimum Gasteiger partial charge on any atom is -0.324 e. The summed E-state index contributed by atoms with van der Waals surface area (Å²) < 4.78 is 0. The maximum absolute atomic E-state index is 5.85. The van der Waals surface area contributed by atoms with Gasteiger partial charge in [-0.15, -0.1) is 0 Å². The molecule has 0 aliphatic rings. The molecule has 0 bridgehead atoms. The van der Waals surface area contributed by atoms with Crippen LogP contribution in [0, 0.1) is 0 Å². The monoisotopic (exact) mass is 316 g/mol. The van der Waals surface area contributed by atoms with Crippen molar-refractivity contribution in [2.24, 2.45) is 16.0 Å². The van der Waals surface area contributed by atoms with Gasteiger partial charge in [-0.25, -0.2) is 0 Å². The number of nitrogens with two attached hydrogens (primary N) is 1. The van der Waals surface area contributed by atoms with Crippen LogP contribution in [-0.4, -0.2) is 4.98 Å². The van der Waals surface area contributed by atoms with Crippen LogP contribution in [0.4, 0.5) is 5.69 Å². The lowest BCUT2D eigenvalue weighted by molar-refractivity contribution is 0.816. The molecule has 3 rings (SSSR count). The van der Waals surface area contributed by atoms with Gasteiger partial charge in [0.15, 0.2) is 0 Å². The summed E-state index contributed by atoms with van der Waals surface area (Å²) in [6.07, 6.45) is 3.62. The number of hydrogen-bond acceptors (Lipinski definition) is 4. The second-order valence-corrected chi connectivity index (χ2v) is 5.72. The molecule has 1 atom stereocenters. The van der Waals surface area contributed by atoms with Crippen LogP contribution in [0.5, 0.6) is 0 Å². The normalized spacial score (nSPS) is 12.4. The third-order valence-corrected chi connectivity index (χ3v) is 3.81. The molecule has 0 amide bonds. The van der Waals surface area contributed by atoms with Gasteiger partial charge in [0.2, 0.25) is 0 Å². The number of aromatic nitrogens is 1. The molecule has 3 aromatic rings. The largest absolute Gasteiger partial charge is 0.324 e. The zero-order valence-corrected chi connectivity index (χ0v) is 13.6. The average molecular weight is 316 g/mol. The first-order chi connectivity index (χ1) is 11.7. The van der Waals surface area contributed by atoms with E-state index in [0.717, 1.165) is 27.9 Å². The van der Waals surface area contributed by atoms with Crippen molar-refractivity contribution in [3.63, 3.8) is 0 Å². The van der Waals surface area contributed by atoms with Crippen LogP contribution in [0.1, 0.15) is 24.1 Å². The Bertz CT molecular complexity index is 791. The molecule has 24 heavy (non-hydrogen) atoms. The molecule has 0 saturated carbocycles. The Morgan fingerprint density at radius 1 is 0.958 bits per heavy atom. The van der Waals surface area contributed by atoms with Gasteiger partial charge in [0.05, 0.1) is 12.2 Å². The van der Waals surface area contributed by atoms with E-state index in [-0.39, 0.29) is 6.04 Å². The van der Waals surface area contributed by atoms with Crippen LogP contribution in [-0.2, 0) is 6.54 Å². The lowest BCUT2D eigenvalue weighted by Crippen LogP contribution is -2.04. The van der Waals surface area contributed by atoms with Crippen LogP contribution in [0.25, 0.3) is 11.1 Å². The summed E-state index contributed by atoms with van der Waals surface area (Å²) in [5, 5.41) is 8.55. The van der Waals surface area contributed by atoms with E-state index in [9.17, 15) is 0 Å². The summed E-state index contributed by atoms with van der Waals surface area (Å²) in [4.78, 5) is 4.13. The van der Waals surface area contributed by atoms with E-state index in [4.69, 9.17) is 5.73 Å². The van der Waals surface area contributed by atoms with Crippen molar-refractivity contribution in [3.8, 4) is 11.1 Å². The van der Waals surface area contributed by atoms with Crippen LogP contribution >= 0.6 is 0 Å². The number of nitrogens with zero attached hydrogens (tertiary/aromatic N) is 3. The predicted molar refractivity (Wildman–Crippen MR) is 96.9 cm³/mol. The zero-order chi connectivity index (χ0) is 16.8. The average Bonchev–Trinajstić information content (AvgIpc) is 2.63. The molecule has 0 aliphatic carbocycles. The van der Waals surface area contributed by atoms with E-state index < -0.39 is 0 Å². The van der Waals surface area contributed by atoms with Crippen molar-refractivity contribution >= 4 is 5.69 Å². The molecular formula is C20H20N4. The van der Waals surface area contributed by atoms with E-state index in [0.29, 0.717) is 6.54 Å². The van der Waals surface area contributed by atoms with E-state index in [1.165, 1.54) is 0 Å². The number of azo groups is 1. The van der Waals surface area contributed by atoms with E-state index >= 15 is 0 Å². The third kappa shape index (κ3) is 4.12. The topological polar surface area (TPSA) is 63.6 Å². The molecule has 4 heteroatoms. The number of pyridine rings is 1. The number of benzene rings is 2. The first-order valence-corrected chi connectivity index (χ1v) is 7.95. The number of hydrogen-bond donors (Lipinski definition) is 1. The standard InChI is InChI=1S/C20H20N4/c1-15(21)17-6-4-16(5-7-17)13-23-24-20-10-8-18(9-11-20)19-3-2-12-22-14-19/h2-12,14-15H,13,21H2,1H3. The second kappa shape index (κ2) is 7.62. The smallest absolute Gasteiger partial charge is 0.0853 e. The highest BCUT2D eigenvalue weighted by atomic mass is 15.1. The quantitative estimate of drug-likeness (QED) is 0.669. The molecule has 0 fully saturated rings. The third-order valence-electron chi connectivity index (χ3n) is 3.81. The molecule has 2 aromatic carbocycles. The lowest BCUT2D eigenvalue weighted by Gasteiger charge is -2.05. The van der Waals surface area contributed by atoms with Crippen LogP contribution in [0.3, 0.4) is 0 Å². The Morgan fingerprint density at radius 2 is 1.71 bits per heavy atom. The van der Waals surface area contributed by atoms with Crippen LogP contribution in [0.15, 0.2) is 83.3 Å². The van der Waals surface area contributed by atoms with Crippen molar-refractivity contribution in [1.29, 1.82) is 0 Å². The van der Waals surface area contributed by atoms with Crippen LogP contribution in [0.2, 0.25) is 0 Å². The van der Waals surface area contributed by atoms with Crippen molar-refractivity contribution in [1.82, 2.24) is 4.98 Å². The Morgan fingerprint density at radius 3 is 2.33 bits per heavy atom. The highest BCUT2D eigenvalue weighted by Gasteiger charge is 1.99. The zero-order valence-electron chi connectivity index (χ0n) is 13.6. The first kappa shape index (κ1) is 16.0. The van der Waals surface area contributed by atoms with E-state index in [2.05, 4.69) is 15.2 Å². The first-order valence-electron chi connectivity index (χ1n) is 7.95. The summed E-state index contributed by atoms with van der Waals surface area (Å²) in [6.45, 7) is 2.54. The van der Waals surface area contributed by atoms with Gasteiger partial charge >= 0.3 is 0 Å². The van der Waals surface area contributed by atoms with Crippen LogP contribution < -0.4 is 5.73 Å². The van der Waals surface area contributed by atoms with Gasteiger partial charge in [-0.05, 0) is 47.4 Å². The van der Waals surface area contributed by atoms with Gasteiger partial charge in [-0.1, -0.05) is 42.5 Å². The molecule has 120 valence electrons. The second-order valence-electron chi connectivity index (χ2n) is 5.72. The Kier molecular flexibility index (Phi) is 5.08. The molecule has 0 spiro atoms. The minimum absolute atomic E-state index is 0.0546. The summed E-state index contributed by atoms with van der Waals surface area (Å²) >= 11 is 0. The minimum atomic E-state index is 0.0546. The Hall–Kier alpha value is -2.85. The summed E-state index contributed by atoms with van der Waals surface area (Å²) in [5.74, 6) is 0. The van der Waals surface area contributed by atoms with Crippen molar-refractivity contribution in [2.75, 3.05) is 0 Å². The maximum Gasteiger partial charge on any atom is 0.0853 e. The van der Waals surface area contributed by atoms with Gasteiger partial charge in [-0.3, -0.25) is 4.98 Å². The molecule has 4 nitrogen and oxygen atoms in total. The van der Waals surface area contributed by atoms with Gasteiger partial charge in [0.25, 0.3) is 0 Å². The highest BCUT2D eigenvalue weighted by Crippen LogP contribution is 2.22. The van der Waals surface area contributed by atoms with E-state index in [1.54, 1.807) is 6.20 Å². The molecule has 1 heterocycles. The fourth-order valence-electron chi connectivity index (χ4n) is 2.38. The summed E-state index contributed by atoms with van der Waals surface area (Å²) in [5.41, 5.74) is 11.1. The van der Waals surface area contributed by atoms with Gasteiger partial charge < -0.3 is 5.73 Å². The molecule has 1 unspecified atom stereocenters.